The molecule has 0 bridgehead atoms. The molecule has 5 heteroatoms. The average molecular weight is 324 g/mol. The molecule has 1 N–H and O–H groups in total. The Kier molecular flexibility index (Phi) is 4.79. The zero-order chi connectivity index (χ0) is 16.9. The van der Waals surface area contributed by atoms with Crippen LogP contribution in [0.5, 0.6) is 0 Å². The van der Waals surface area contributed by atoms with E-state index in [-0.39, 0.29) is 6.61 Å². The molecule has 5 nitrogen and oxygen atoms in total. The van der Waals surface area contributed by atoms with Crippen molar-refractivity contribution in [2.75, 3.05) is 11.9 Å². The third-order valence-corrected chi connectivity index (χ3v) is 3.78. The molecule has 1 amide bonds. The molecule has 124 valence electrons. The Balaban J connectivity index is 1.65. The summed E-state index contributed by atoms with van der Waals surface area (Å²) in [4.78, 5) is 16.3. The second-order valence-corrected chi connectivity index (χ2v) is 5.78. The Morgan fingerprint density at radius 2 is 2.21 bits per heavy atom. The molecule has 1 heterocycles. The molecule has 24 heavy (non-hydrogen) atoms. The van der Waals surface area contributed by atoms with E-state index < -0.39 is 6.09 Å². The first-order chi connectivity index (χ1) is 11.6. The van der Waals surface area contributed by atoms with E-state index in [4.69, 9.17) is 9.15 Å². The largest absolute Gasteiger partial charge is 0.444 e. The van der Waals surface area contributed by atoms with Crippen LogP contribution in [0.4, 0.5) is 10.5 Å². The number of hydrogen-bond acceptors (Lipinski definition) is 4. The second-order valence-electron chi connectivity index (χ2n) is 5.78. The molecule has 0 radical (unpaired) electrons. The SMILES string of the molecule is Cc1coc(-c2cc(NC(=O)OCC3=CCCC=C3)ccc2C)n1. The molecule has 3 rings (SSSR count). The number of nitrogens with zero attached hydrogens (tertiary/aromatic N) is 1. The molecule has 0 unspecified atom stereocenters. The van der Waals surface area contributed by atoms with E-state index in [0.29, 0.717) is 11.6 Å². The van der Waals surface area contributed by atoms with Gasteiger partial charge in [0.25, 0.3) is 0 Å². The van der Waals surface area contributed by atoms with Gasteiger partial charge in [-0.05, 0) is 50.0 Å². The van der Waals surface area contributed by atoms with Gasteiger partial charge in [0.1, 0.15) is 12.9 Å². The van der Waals surface area contributed by atoms with Crippen LogP contribution < -0.4 is 5.32 Å². The highest BCUT2D eigenvalue weighted by molar-refractivity contribution is 5.86. The summed E-state index contributed by atoms with van der Waals surface area (Å²) in [6, 6.07) is 5.58. The zero-order valence-electron chi connectivity index (χ0n) is 13.8. The molecular formula is C19H20N2O3. The van der Waals surface area contributed by atoms with Crippen LogP contribution in [-0.4, -0.2) is 17.7 Å². The van der Waals surface area contributed by atoms with Crippen molar-refractivity contribution in [1.82, 2.24) is 4.98 Å². The highest BCUT2D eigenvalue weighted by Gasteiger charge is 2.11. The monoisotopic (exact) mass is 324 g/mol. The number of oxazole rings is 1. The predicted octanol–water partition coefficient (Wildman–Crippen LogP) is 4.78. The van der Waals surface area contributed by atoms with Gasteiger partial charge in [-0.25, -0.2) is 9.78 Å². The third kappa shape index (κ3) is 3.93. The fraction of sp³-hybridized carbons (Fsp3) is 0.263. The number of hydrogen-bond donors (Lipinski definition) is 1. The first kappa shape index (κ1) is 16.1. The lowest BCUT2D eigenvalue weighted by Gasteiger charge is -2.10. The highest BCUT2D eigenvalue weighted by atomic mass is 16.5. The maximum atomic E-state index is 12.0. The molecular weight excluding hydrogens is 304 g/mol. The molecule has 1 aliphatic rings. The number of anilines is 1. The number of nitrogens with one attached hydrogen (secondary N) is 1. The Labute approximate surface area is 141 Å². The van der Waals surface area contributed by atoms with Gasteiger partial charge in [-0.15, -0.1) is 0 Å². The van der Waals surface area contributed by atoms with Crippen molar-refractivity contribution in [3.63, 3.8) is 0 Å². The van der Waals surface area contributed by atoms with Crippen LogP contribution >= 0.6 is 0 Å². The molecule has 2 aromatic rings. The van der Waals surface area contributed by atoms with Gasteiger partial charge in [0.15, 0.2) is 0 Å². The number of ether oxygens (including phenoxy) is 1. The summed E-state index contributed by atoms with van der Waals surface area (Å²) in [7, 11) is 0. The molecule has 0 aliphatic heterocycles. The molecule has 1 aromatic carbocycles. The minimum atomic E-state index is -0.478. The zero-order valence-corrected chi connectivity index (χ0v) is 13.8. The van der Waals surface area contributed by atoms with Crippen molar-refractivity contribution < 1.29 is 13.9 Å². The Morgan fingerprint density at radius 1 is 1.33 bits per heavy atom. The van der Waals surface area contributed by atoms with E-state index in [1.54, 1.807) is 6.26 Å². The first-order valence-electron chi connectivity index (χ1n) is 7.94. The molecule has 0 atom stereocenters. The van der Waals surface area contributed by atoms with Gasteiger partial charge in [-0.1, -0.05) is 24.3 Å². The lowest BCUT2D eigenvalue weighted by Crippen LogP contribution is -2.15. The van der Waals surface area contributed by atoms with Crippen LogP contribution in [0, 0.1) is 13.8 Å². The number of aromatic nitrogens is 1. The van der Waals surface area contributed by atoms with E-state index in [9.17, 15) is 4.79 Å². The summed E-state index contributed by atoms with van der Waals surface area (Å²) in [6.45, 7) is 4.12. The molecule has 0 fully saturated rings. The number of aryl methyl sites for hydroxylation is 2. The van der Waals surface area contributed by atoms with Crippen LogP contribution in [-0.2, 0) is 4.74 Å². The Hall–Kier alpha value is -2.82. The van der Waals surface area contributed by atoms with Gasteiger partial charge < -0.3 is 9.15 Å². The maximum Gasteiger partial charge on any atom is 0.411 e. The number of benzene rings is 1. The topological polar surface area (TPSA) is 64.4 Å². The van der Waals surface area contributed by atoms with Gasteiger partial charge in [0.2, 0.25) is 5.89 Å². The summed E-state index contributed by atoms with van der Waals surface area (Å²) < 4.78 is 10.7. The maximum absolute atomic E-state index is 12.0. The fourth-order valence-electron chi connectivity index (χ4n) is 2.49. The van der Waals surface area contributed by atoms with E-state index >= 15 is 0 Å². The summed E-state index contributed by atoms with van der Waals surface area (Å²) in [6.07, 6.45) is 9.33. The normalized spacial score (nSPS) is 13.5. The van der Waals surface area contributed by atoms with Crippen LogP contribution in [0.3, 0.4) is 0 Å². The van der Waals surface area contributed by atoms with Crippen molar-refractivity contribution in [2.45, 2.75) is 26.7 Å². The van der Waals surface area contributed by atoms with E-state index in [2.05, 4.69) is 22.5 Å². The lowest BCUT2D eigenvalue weighted by molar-refractivity contribution is 0.172. The number of carbonyl (C=O) groups excluding carboxylic acids is 1. The summed E-state index contributed by atoms with van der Waals surface area (Å²) in [5.74, 6) is 0.541. The van der Waals surface area contributed by atoms with Gasteiger partial charge in [-0.2, -0.15) is 0 Å². The van der Waals surface area contributed by atoms with Crippen LogP contribution in [0.15, 0.2) is 52.7 Å². The minimum absolute atomic E-state index is 0.278. The summed E-state index contributed by atoms with van der Waals surface area (Å²) in [5, 5.41) is 2.74. The molecule has 0 saturated carbocycles. The van der Waals surface area contributed by atoms with Crippen LogP contribution in [0.25, 0.3) is 11.5 Å². The van der Waals surface area contributed by atoms with E-state index in [0.717, 1.165) is 35.2 Å². The van der Waals surface area contributed by atoms with Crippen molar-refractivity contribution in [1.29, 1.82) is 0 Å². The van der Waals surface area contributed by atoms with Crippen LogP contribution in [0.1, 0.15) is 24.1 Å². The lowest BCUT2D eigenvalue weighted by atomic mass is 10.1. The van der Waals surface area contributed by atoms with Gasteiger partial charge in [-0.3, -0.25) is 5.32 Å². The van der Waals surface area contributed by atoms with Crippen molar-refractivity contribution in [3.05, 3.63) is 59.5 Å². The van der Waals surface area contributed by atoms with Crippen molar-refractivity contribution in [3.8, 4) is 11.5 Å². The molecule has 1 aliphatic carbocycles. The van der Waals surface area contributed by atoms with Gasteiger partial charge in [0.05, 0.1) is 5.69 Å². The first-order valence-corrected chi connectivity index (χ1v) is 7.94. The van der Waals surface area contributed by atoms with Crippen molar-refractivity contribution in [2.24, 2.45) is 0 Å². The minimum Gasteiger partial charge on any atom is -0.444 e. The van der Waals surface area contributed by atoms with Crippen molar-refractivity contribution >= 4 is 11.8 Å². The third-order valence-electron chi connectivity index (χ3n) is 3.78. The second kappa shape index (κ2) is 7.17. The number of amides is 1. The Morgan fingerprint density at radius 3 is 2.92 bits per heavy atom. The van der Waals surface area contributed by atoms with Gasteiger partial charge in [0, 0.05) is 11.3 Å². The number of rotatable bonds is 4. The predicted molar refractivity (Wildman–Crippen MR) is 92.8 cm³/mol. The van der Waals surface area contributed by atoms with E-state index in [1.165, 1.54) is 0 Å². The number of carbonyl (C=O) groups is 1. The smallest absolute Gasteiger partial charge is 0.411 e. The molecule has 1 aromatic heterocycles. The Bertz CT molecular complexity index is 803. The van der Waals surface area contributed by atoms with Gasteiger partial charge >= 0.3 is 6.09 Å². The highest BCUT2D eigenvalue weighted by Crippen LogP contribution is 2.26. The average Bonchev–Trinajstić information content (AvgIpc) is 3.02. The quantitative estimate of drug-likeness (QED) is 0.878. The van der Waals surface area contributed by atoms with E-state index in [1.807, 2.05) is 38.1 Å². The molecule has 0 spiro atoms. The molecule has 0 saturated heterocycles. The van der Waals surface area contributed by atoms with Crippen LogP contribution in [0.2, 0.25) is 0 Å². The summed E-state index contributed by atoms with van der Waals surface area (Å²) >= 11 is 0. The summed E-state index contributed by atoms with van der Waals surface area (Å²) in [5.41, 5.74) is 4.35. The standard InChI is InChI=1S/C19H20N2O3/c1-13-8-9-16(10-17(13)18-20-14(2)11-23-18)21-19(22)24-12-15-6-4-3-5-7-15/h4,6-11H,3,5,12H2,1-2H3,(H,21,22). The fourth-order valence-corrected chi connectivity index (χ4v) is 2.49. The number of allylic oxidation sites excluding steroid dienone is 2.